The van der Waals surface area contributed by atoms with Gasteiger partial charge in [0.15, 0.2) is 0 Å². The van der Waals surface area contributed by atoms with E-state index < -0.39 is 0 Å². The fourth-order valence-corrected chi connectivity index (χ4v) is 2.35. The molecule has 0 spiro atoms. The summed E-state index contributed by atoms with van der Waals surface area (Å²) in [5.41, 5.74) is 1.15. The van der Waals surface area contributed by atoms with Gasteiger partial charge in [-0.05, 0) is 44.8 Å². The Morgan fingerprint density at radius 3 is 2.63 bits per heavy atom. The van der Waals surface area contributed by atoms with E-state index in [9.17, 15) is 0 Å². The molecule has 5 heteroatoms. The molecule has 3 nitrogen and oxygen atoms in total. The molecule has 1 unspecified atom stereocenters. The zero-order valence-corrected chi connectivity index (χ0v) is 12.6. The predicted molar refractivity (Wildman–Crippen MR) is 80.0 cm³/mol. The lowest BCUT2D eigenvalue weighted by molar-refractivity contribution is 0.367. The molecule has 1 atom stereocenters. The molecule has 19 heavy (non-hydrogen) atoms. The predicted octanol–water partition coefficient (Wildman–Crippen LogP) is 3.73. The highest BCUT2D eigenvalue weighted by Crippen LogP contribution is 2.29. The van der Waals surface area contributed by atoms with E-state index in [1.165, 1.54) is 0 Å². The molecule has 0 saturated carbocycles. The lowest BCUT2D eigenvalue weighted by atomic mass is 10.0. The van der Waals surface area contributed by atoms with Gasteiger partial charge in [0.2, 0.25) is 0 Å². The average Bonchev–Trinajstić information content (AvgIpc) is 2.87. The zero-order valence-electron chi connectivity index (χ0n) is 11.1. The van der Waals surface area contributed by atoms with Crippen LogP contribution in [0.25, 0.3) is 0 Å². The Morgan fingerprint density at radius 2 is 2.05 bits per heavy atom. The number of halogens is 2. The Morgan fingerprint density at radius 1 is 1.26 bits per heavy atom. The molecule has 0 bridgehead atoms. The molecule has 1 aromatic heterocycles. The van der Waals surface area contributed by atoms with E-state index in [-0.39, 0.29) is 6.04 Å². The van der Waals surface area contributed by atoms with Gasteiger partial charge in [0.1, 0.15) is 0 Å². The summed E-state index contributed by atoms with van der Waals surface area (Å²) in [6, 6.07) is 6.03. The summed E-state index contributed by atoms with van der Waals surface area (Å²) in [5.74, 6) is 0. The number of hydrogen-bond donors (Lipinski definition) is 0. The van der Waals surface area contributed by atoms with Gasteiger partial charge in [-0.25, -0.2) is 4.98 Å². The number of rotatable bonds is 5. The van der Waals surface area contributed by atoms with Crippen LogP contribution in [0.5, 0.6) is 0 Å². The standard InChI is InChI=1S/C14H17Cl2N3/c1-18(2)7-5-14(19-8-6-17-10-19)11-3-4-12(15)13(16)9-11/h3-4,6,8-10,14H,5,7H2,1-2H3. The van der Waals surface area contributed by atoms with Crippen molar-refractivity contribution >= 4 is 23.2 Å². The number of hydrogen-bond acceptors (Lipinski definition) is 2. The van der Waals surface area contributed by atoms with Gasteiger partial charge >= 0.3 is 0 Å². The third-order valence-electron chi connectivity index (χ3n) is 3.06. The first kappa shape index (κ1) is 14.4. The largest absolute Gasteiger partial charge is 0.330 e. The van der Waals surface area contributed by atoms with Gasteiger partial charge in [0.05, 0.1) is 22.4 Å². The minimum absolute atomic E-state index is 0.222. The fourth-order valence-electron chi connectivity index (χ4n) is 2.04. The summed E-state index contributed by atoms with van der Waals surface area (Å²) in [4.78, 5) is 6.29. The summed E-state index contributed by atoms with van der Waals surface area (Å²) in [7, 11) is 4.14. The van der Waals surface area contributed by atoms with Crippen LogP contribution in [0.15, 0.2) is 36.9 Å². The monoisotopic (exact) mass is 297 g/mol. The van der Waals surface area contributed by atoms with Crippen LogP contribution >= 0.6 is 23.2 Å². The Hall–Kier alpha value is -1.03. The van der Waals surface area contributed by atoms with Crippen molar-refractivity contribution in [3.05, 3.63) is 52.5 Å². The van der Waals surface area contributed by atoms with Crippen LogP contribution in [0, 0.1) is 0 Å². The fraction of sp³-hybridized carbons (Fsp3) is 0.357. The van der Waals surface area contributed by atoms with E-state index in [1.807, 2.05) is 30.7 Å². The van der Waals surface area contributed by atoms with E-state index in [1.54, 1.807) is 6.20 Å². The number of aromatic nitrogens is 2. The Kier molecular flexibility index (Phi) is 4.86. The smallest absolute Gasteiger partial charge is 0.0951 e. The first-order chi connectivity index (χ1) is 9.08. The minimum atomic E-state index is 0.222. The quantitative estimate of drug-likeness (QED) is 0.838. The van der Waals surface area contributed by atoms with Crippen molar-refractivity contribution in [1.82, 2.24) is 14.5 Å². The molecule has 1 aromatic carbocycles. The van der Waals surface area contributed by atoms with Crippen molar-refractivity contribution in [1.29, 1.82) is 0 Å². The molecule has 0 N–H and O–H groups in total. The van der Waals surface area contributed by atoms with Crippen LogP contribution in [0.3, 0.4) is 0 Å². The first-order valence-electron chi connectivity index (χ1n) is 6.15. The van der Waals surface area contributed by atoms with Gasteiger partial charge < -0.3 is 9.47 Å². The van der Waals surface area contributed by atoms with Gasteiger partial charge in [-0.1, -0.05) is 29.3 Å². The summed E-state index contributed by atoms with van der Waals surface area (Å²) in [6.45, 7) is 0.989. The molecular weight excluding hydrogens is 281 g/mol. The Labute approximate surface area is 123 Å². The Balaban J connectivity index is 2.28. The van der Waals surface area contributed by atoms with E-state index in [0.29, 0.717) is 10.0 Å². The topological polar surface area (TPSA) is 21.1 Å². The molecule has 0 radical (unpaired) electrons. The molecule has 102 valence electrons. The van der Waals surface area contributed by atoms with E-state index >= 15 is 0 Å². The third kappa shape index (κ3) is 3.72. The van der Waals surface area contributed by atoms with Crippen LogP contribution in [-0.4, -0.2) is 35.1 Å². The number of nitrogens with zero attached hydrogens (tertiary/aromatic N) is 3. The lowest BCUT2D eigenvalue weighted by Crippen LogP contribution is -2.19. The summed E-state index contributed by atoms with van der Waals surface area (Å²) >= 11 is 12.1. The van der Waals surface area contributed by atoms with Crippen molar-refractivity contribution in [2.45, 2.75) is 12.5 Å². The highest BCUT2D eigenvalue weighted by molar-refractivity contribution is 6.42. The number of imidazole rings is 1. The SMILES string of the molecule is CN(C)CCC(c1ccc(Cl)c(Cl)c1)n1ccnc1. The summed E-state index contributed by atoms with van der Waals surface area (Å²) in [5, 5.41) is 1.18. The average molecular weight is 298 g/mol. The molecule has 1 heterocycles. The van der Waals surface area contributed by atoms with Crippen molar-refractivity contribution < 1.29 is 0 Å². The normalized spacial score (nSPS) is 12.9. The van der Waals surface area contributed by atoms with E-state index in [4.69, 9.17) is 23.2 Å². The third-order valence-corrected chi connectivity index (χ3v) is 3.80. The minimum Gasteiger partial charge on any atom is -0.330 e. The van der Waals surface area contributed by atoms with Crippen LogP contribution < -0.4 is 0 Å². The first-order valence-corrected chi connectivity index (χ1v) is 6.90. The van der Waals surface area contributed by atoms with Gasteiger partial charge in [-0.2, -0.15) is 0 Å². The summed E-state index contributed by atoms with van der Waals surface area (Å²) < 4.78 is 2.10. The zero-order chi connectivity index (χ0) is 13.8. The molecule has 0 amide bonds. The van der Waals surface area contributed by atoms with Crippen molar-refractivity contribution in [3.63, 3.8) is 0 Å². The second-order valence-electron chi connectivity index (χ2n) is 4.79. The van der Waals surface area contributed by atoms with Crippen molar-refractivity contribution in [2.24, 2.45) is 0 Å². The van der Waals surface area contributed by atoms with Gasteiger partial charge in [-0.3, -0.25) is 0 Å². The number of benzene rings is 1. The maximum absolute atomic E-state index is 6.11. The molecule has 2 rings (SSSR count). The van der Waals surface area contributed by atoms with Crippen LogP contribution in [0.1, 0.15) is 18.0 Å². The van der Waals surface area contributed by atoms with Crippen LogP contribution in [-0.2, 0) is 0 Å². The van der Waals surface area contributed by atoms with Gasteiger partial charge in [-0.15, -0.1) is 0 Å². The second-order valence-corrected chi connectivity index (χ2v) is 5.61. The summed E-state index contributed by atoms with van der Waals surface area (Å²) in [6.07, 6.45) is 6.59. The van der Waals surface area contributed by atoms with Crippen molar-refractivity contribution in [2.75, 3.05) is 20.6 Å². The van der Waals surface area contributed by atoms with Gasteiger partial charge in [0.25, 0.3) is 0 Å². The van der Waals surface area contributed by atoms with Crippen LogP contribution in [0.2, 0.25) is 10.0 Å². The van der Waals surface area contributed by atoms with E-state index in [0.717, 1.165) is 18.5 Å². The molecule has 0 aliphatic carbocycles. The molecule has 2 aromatic rings. The molecule has 0 aliphatic rings. The highest BCUT2D eigenvalue weighted by Gasteiger charge is 2.14. The Bertz CT molecular complexity index is 523. The van der Waals surface area contributed by atoms with E-state index in [2.05, 4.69) is 28.5 Å². The van der Waals surface area contributed by atoms with Gasteiger partial charge in [0, 0.05) is 12.4 Å². The molecular formula is C14H17Cl2N3. The maximum atomic E-state index is 6.11. The molecule has 0 fully saturated rings. The highest BCUT2D eigenvalue weighted by atomic mass is 35.5. The molecule has 0 saturated heterocycles. The maximum Gasteiger partial charge on any atom is 0.0951 e. The van der Waals surface area contributed by atoms with Crippen LogP contribution in [0.4, 0.5) is 0 Å². The van der Waals surface area contributed by atoms with Crippen molar-refractivity contribution in [3.8, 4) is 0 Å². The molecule has 0 aliphatic heterocycles. The lowest BCUT2D eigenvalue weighted by Gasteiger charge is -2.21. The second kappa shape index (κ2) is 6.42.